The van der Waals surface area contributed by atoms with Gasteiger partial charge in [0, 0.05) is 19.7 Å². The van der Waals surface area contributed by atoms with Crippen molar-refractivity contribution < 1.29 is 27.9 Å². The average molecular weight is 496 g/mol. The van der Waals surface area contributed by atoms with Crippen molar-refractivity contribution in [3.63, 3.8) is 0 Å². The Morgan fingerprint density at radius 3 is 2.37 bits per heavy atom. The lowest BCUT2D eigenvalue weighted by Crippen LogP contribution is -2.59. The summed E-state index contributed by atoms with van der Waals surface area (Å²) in [7, 11) is 3.18. The van der Waals surface area contributed by atoms with Crippen LogP contribution >= 0.6 is 0 Å². The molecule has 9 nitrogen and oxygen atoms in total. The first-order valence-electron chi connectivity index (χ1n) is 11.8. The number of rotatable bonds is 6. The zero-order valence-electron chi connectivity index (χ0n) is 21.0. The Hall–Kier alpha value is -2.95. The zero-order chi connectivity index (χ0) is 26.1. The van der Waals surface area contributed by atoms with E-state index in [1.807, 2.05) is 20.8 Å². The van der Waals surface area contributed by atoms with Crippen LogP contribution in [-0.2, 0) is 9.59 Å². The Morgan fingerprint density at radius 1 is 1.11 bits per heavy atom. The Bertz CT molecular complexity index is 970. The summed E-state index contributed by atoms with van der Waals surface area (Å²) in [5.41, 5.74) is -0.589. The van der Waals surface area contributed by atoms with E-state index in [-0.39, 0.29) is 36.2 Å². The second kappa shape index (κ2) is 10.3. The molecule has 2 aliphatic heterocycles. The van der Waals surface area contributed by atoms with Crippen LogP contribution in [0.4, 0.5) is 13.6 Å². The number of carbonyl (C=O) groups is 3. The largest absolute Gasteiger partial charge is 0.486 e. The van der Waals surface area contributed by atoms with Crippen LogP contribution in [0, 0.1) is 17.0 Å². The molecule has 1 aromatic rings. The fourth-order valence-electron chi connectivity index (χ4n) is 4.70. The van der Waals surface area contributed by atoms with Crippen LogP contribution in [0.3, 0.4) is 0 Å². The van der Waals surface area contributed by atoms with E-state index < -0.39 is 41.3 Å². The van der Waals surface area contributed by atoms with E-state index in [1.165, 1.54) is 13.1 Å². The second-order valence-corrected chi connectivity index (χ2v) is 10.1. The molecule has 3 N–H and O–H groups in total. The first kappa shape index (κ1) is 26.7. The summed E-state index contributed by atoms with van der Waals surface area (Å²) < 4.78 is 33.2. The van der Waals surface area contributed by atoms with Crippen molar-refractivity contribution in [3.8, 4) is 5.75 Å². The van der Waals surface area contributed by atoms with Crippen LogP contribution in [0.2, 0.25) is 0 Å². The lowest BCUT2D eigenvalue weighted by Gasteiger charge is -2.37. The Balaban J connectivity index is 1.91. The van der Waals surface area contributed by atoms with Crippen molar-refractivity contribution in [1.82, 2.24) is 25.8 Å². The lowest BCUT2D eigenvalue weighted by molar-refractivity contribution is -0.141. The molecule has 2 heterocycles. The van der Waals surface area contributed by atoms with Gasteiger partial charge in [-0.05, 0) is 37.9 Å². The highest BCUT2D eigenvalue weighted by Crippen LogP contribution is 2.36. The molecule has 0 radical (unpaired) electrons. The van der Waals surface area contributed by atoms with E-state index in [0.717, 1.165) is 12.1 Å². The summed E-state index contributed by atoms with van der Waals surface area (Å²) in [4.78, 5) is 42.3. The first-order valence-corrected chi connectivity index (χ1v) is 11.8. The van der Waals surface area contributed by atoms with Crippen molar-refractivity contribution in [2.45, 2.75) is 64.4 Å². The van der Waals surface area contributed by atoms with Crippen molar-refractivity contribution in [1.29, 1.82) is 0 Å². The normalized spacial score (nSPS) is 23.5. The molecule has 194 valence electrons. The number of amides is 4. The zero-order valence-corrected chi connectivity index (χ0v) is 21.0. The van der Waals surface area contributed by atoms with E-state index in [9.17, 15) is 23.2 Å². The van der Waals surface area contributed by atoms with Gasteiger partial charge in [-0.2, -0.15) is 0 Å². The number of likely N-dealkylation sites (N-methyl/N-ethyl adjacent to an activating group) is 1. The minimum atomic E-state index is -1.05. The number of carbonyl (C=O) groups excluding carboxylic acids is 3. The minimum Gasteiger partial charge on any atom is -0.486 e. The van der Waals surface area contributed by atoms with Crippen LogP contribution in [0.15, 0.2) is 18.2 Å². The van der Waals surface area contributed by atoms with Gasteiger partial charge in [0.2, 0.25) is 11.8 Å². The monoisotopic (exact) mass is 495 g/mol. The van der Waals surface area contributed by atoms with Gasteiger partial charge in [0.25, 0.3) is 0 Å². The van der Waals surface area contributed by atoms with Crippen LogP contribution in [0.1, 0.15) is 34.1 Å². The predicted molar refractivity (Wildman–Crippen MR) is 126 cm³/mol. The highest BCUT2D eigenvalue weighted by molar-refractivity contribution is 5.90. The van der Waals surface area contributed by atoms with E-state index in [2.05, 4.69) is 16.0 Å². The van der Waals surface area contributed by atoms with E-state index in [1.54, 1.807) is 23.8 Å². The van der Waals surface area contributed by atoms with Gasteiger partial charge in [-0.25, -0.2) is 13.6 Å². The number of benzene rings is 1. The number of fused-ring (bicyclic) bond motifs is 1. The molecule has 0 bridgehead atoms. The van der Waals surface area contributed by atoms with Gasteiger partial charge in [-0.15, -0.1) is 0 Å². The lowest BCUT2D eigenvalue weighted by atomic mass is 9.85. The number of urea groups is 1. The summed E-state index contributed by atoms with van der Waals surface area (Å²) >= 11 is 0. The van der Waals surface area contributed by atoms with Gasteiger partial charge in [-0.1, -0.05) is 20.8 Å². The van der Waals surface area contributed by atoms with Crippen molar-refractivity contribution in [3.05, 3.63) is 29.8 Å². The van der Waals surface area contributed by atoms with Gasteiger partial charge >= 0.3 is 6.03 Å². The van der Waals surface area contributed by atoms with Crippen molar-refractivity contribution >= 4 is 17.8 Å². The summed E-state index contributed by atoms with van der Waals surface area (Å²) in [6.45, 7) is 7.84. The second-order valence-electron chi connectivity index (χ2n) is 10.1. The molecule has 2 fully saturated rings. The summed E-state index contributed by atoms with van der Waals surface area (Å²) in [6.07, 6.45) is -0.139. The van der Waals surface area contributed by atoms with E-state index in [4.69, 9.17) is 4.74 Å². The molecule has 5 atom stereocenters. The van der Waals surface area contributed by atoms with E-state index in [0.29, 0.717) is 13.0 Å². The molecule has 0 aliphatic carbocycles. The SMILES string of the molecule is CNC(=O)N1C[C@H](Oc2ccc(F)c(F)c2)C2[C@H]1CCN2C(=O)[C@@H](NC(=O)[C@H](C)NC)C(C)(C)C. The molecule has 4 amide bonds. The van der Waals surface area contributed by atoms with Gasteiger partial charge in [0.1, 0.15) is 17.9 Å². The van der Waals surface area contributed by atoms with Gasteiger partial charge in [0.15, 0.2) is 11.6 Å². The number of hydrogen-bond donors (Lipinski definition) is 3. The molecule has 0 spiro atoms. The van der Waals surface area contributed by atoms with Crippen LogP contribution in [0.5, 0.6) is 5.75 Å². The molecular formula is C24H35F2N5O4. The fraction of sp³-hybridized carbons (Fsp3) is 0.625. The van der Waals surface area contributed by atoms with Crippen LogP contribution in [-0.4, -0.2) is 85.1 Å². The van der Waals surface area contributed by atoms with Crippen LogP contribution in [0.25, 0.3) is 0 Å². The fourth-order valence-corrected chi connectivity index (χ4v) is 4.70. The topological polar surface area (TPSA) is 103 Å². The van der Waals surface area contributed by atoms with Crippen molar-refractivity contribution in [2.75, 3.05) is 27.2 Å². The molecule has 1 aromatic carbocycles. The highest BCUT2D eigenvalue weighted by atomic mass is 19.2. The van der Waals surface area contributed by atoms with Crippen LogP contribution < -0.4 is 20.7 Å². The molecule has 2 saturated heterocycles. The molecule has 1 unspecified atom stereocenters. The maximum Gasteiger partial charge on any atom is 0.317 e. The molecule has 0 aromatic heterocycles. The predicted octanol–water partition coefficient (Wildman–Crippen LogP) is 1.48. The summed E-state index contributed by atoms with van der Waals surface area (Å²) in [6, 6.07) is 0.785. The Morgan fingerprint density at radius 2 is 1.80 bits per heavy atom. The molecule has 35 heavy (non-hydrogen) atoms. The van der Waals surface area contributed by atoms with Gasteiger partial charge in [0.05, 0.1) is 24.7 Å². The third-order valence-electron chi connectivity index (χ3n) is 6.74. The van der Waals surface area contributed by atoms with Crippen molar-refractivity contribution in [2.24, 2.45) is 5.41 Å². The first-order chi connectivity index (χ1) is 16.4. The molecule has 2 aliphatic rings. The third-order valence-corrected chi connectivity index (χ3v) is 6.74. The molecule has 11 heteroatoms. The Labute approximate surface area is 204 Å². The average Bonchev–Trinajstić information content (AvgIpc) is 3.38. The minimum absolute atomic E-state index is 0.106. The smallest absolute Gasteiger partial charge is 0.317 e. The number of nitrogens with zero attached hydrogens (tertiary/aromatic N) is 2. The third kappa shape index (κ3) is 5.50. The van der Waals surface area contributed by atoms with Gasteiger partial charge < -0.3 is 30.5 Å². The number of halogens is 2. The molecular weight excluding hydrogens is 460 g/mol. The number of likely N-dealkylation sites (tertiary alicyclic amines) is 2. The standard InChI is InChI=1S/C24H35F2N5O4/c1-13(27-5)21(32)29-20(24(2,3)4)22(33)30-10-9-17-19(30)18(12-31(17)23(34)28-6)35-14-7-8-15(25)16(26)11-14/h7-8,11,13,17-20,27H,9-10,12H2,1-6H3,(H,28,34)(H,29,32)/t13-,17+,18-,19?,20+/m0/s1. The highest BCUT2D eigenvalue weighted by Gasteiger charge is 2.54. The molecule has 3 rings (SSSR count). The summed E-state index contributed by atoms with van der Waals surface area (Å²) in [5.74, 6) is -2.52. The number of ether oxygens (including phenoxy) is 1. The van der Waals surface area contributed by atoms with Gasteiger partial charge in [-0.3, -0.25) is 9.59 Å². The maximum absolute atomic E-state index is 13.8. The number of hydrogen-bond acceptors (Lipinski definition) is 5. The number of nitrogens with one attached hydrogen (secondary N) is 3. The summed E-state index contributed by atoms with van der Waals surface area (Å²) in [5, 5.41) is 8.35. The van der Waals surface area contributed by atoms with E-state index >= 15 is 0 Å². The maximum atomic E-state index is 13.8. The quantitative estimate of drug-likeness (QED) is 0.555. The molecule has 0 saturated carbocycles. The Kier molecular flexibility index (Phi) is 7.88.